The number of benzene rings is 1. The van der Waals surface area contributed by atoms with Crippen LogP contribution in [0, 0.1) is 6.67 Å². The van der Waals surface area contributed by atoms with Crippen molar-refractivity contribution < 1.29 is 0 Å². The predicted molar refractivity (Wildman–Crippen MR) is 74.1 cm³/mol. The van der Waals surface area contributed by atoms with E-state index in [1.165, 1.54) is 5.56 Å². The molecular formula is C16H15N3. The Bertz CT molecular complexity index is 487. The molecule has 0 bridgehead atoms. The van der Waals surface area contributed by atoms with Crippen LogP contribution in [0.4, 0.5) is 0 Å². The van der Waals surface area contributed by atoms with Gasteiger partial charge in [0.15, 0.2) is 0 Å². The van der Waals surface area contributed by atoms with Crippen LogP contribution < -0.4 is 0 Å². The van der Waals surface area contributed by atoms with Gasteiger partial charge in [-0.15, -0.1) is 0 Å². The molecule has 2 radical (unpaired) electrons. The van der Waals surface area contributed by atoms with E-state index in [1.54, 1.807) is 0 Å². The maximum absolute atomic E-state index is 4.32. The molecule has 1 aromatic carbocycles. The molecule has 0 N–H and O–H groups in total. The van der Waals surface area contributed by atoms with Crippen molar-refractivity contribution in [2.75, 3.05) is 0 Å². The Labute approximate surface area is 113 Å². The quantitative estimate of drug-likeness (QED) is 0.830. The zero-order chi connectivity index (χ0) is 12.9. The molecule has 0 saturated carbocycles. The van der Waals surface area contributed by atoms with Crippen LogP contribution >= 0.6 is 0 Å². The fraction of sp³-hybridized carbons (Fsp3) is 0.125. The summed E-state index contributed by atoms with van der Waals surface area (Å²) in [5, 5.41) is 0. The highest BCUT2D eigenvalue weighted by molar-refractivity contribution is 5.16. The first kappa shape index (κ1) is 11.8. The van der Waals surface area contributed by atoms with Gasteiger partial charge in [0, 0.05) is 25.1 Å². The SMILES string of the molecule is [C]1N(Cc2ccccc2)C=CN1Cc1ccccn1. The Morgan fingerprint density at radius 1 is 0.842 bits per heavy atom. The second-order valence-corrected chi connectivity index (χ2v) is 4.46. The molecule has 0 aliphatic carbocycles. The van der Waals surface area contributed by atoms with E-state index in [9.17, 15) is 0 Å². The van der Waals surface area contributed by atoms with Crippen molar-refractivity contribution >= 4 is 0 Å². The van der Waals surface area contributed by atoms with Crippen LogP contribution in [0.3, 0.4) is 0 Å². The van der Waals surface area contributed by atoms with Crippen molar-refractivity contribution in [3.05, 3.63) is 85.1 Å². The number of nitrogens with zero attached hydrogens (tertiary/aromatic N) is 3. The van der Waals surface area contributed by atoms with Gasteiger partial charge < -0.3 is 9.80 Å². The van der Waals surface area contributed by atoms with E-state index < -0.39 is 0 Å². The van der Waals surface area contributed by atoms with E-state index in [1.807, 2.05) is 47.8 Å². The number of pyridine rings is 1. The van der Waals surface area contributed by atoms with Gasteiger partial charge in [-0.3, -0.25) is 4.98 Å². The standard InChI is InChI=1S/C16H15N3/c1-2-6-15(7-3-1)12-18-10-11-19(14-18)13-16-8-4-5-9-17-16/h1-11H,12-13H2. The van der Waals surface area contributed by atoms with Crippen LogP contribution in [0.15, 0.2) is 67.1 Å². The summed E-state index contributed by atoms with van der Waals surface area (Å²) in [5.74, 6) is 0. The van der Waals surface area contributed by atoms with Crippen LogP contribution in [0.5, 0.6) is 0 Å². The Morgan fingerprint density at radius 3 is 2.32 bits per heavy atom. The summed E-state index contributed by atoms with van der Waals surface area (Å²) in [5.41, 5.74) is 2.32. The minimum atomic E-state index is 0.753. The van der Waals surface area contributed by atoms with Gasteiger partial charge >= 0.3 is 0 Å². The summed E-state index contributed by atoms with van der Waals surface area (Å²) >= 11 is 0. The fourth-order valence-electron chi connectivity index (χ4n) is 2.02. The molecule has 3 nitrogen and oxygen atoms in total. The molecule has 3 rings (SSSR count). The highest BCUT2D eigenvalue weighted by atomic mass is 15.3. The lowest BCUT2D eigenvalue weighted by Crippen LogP contribution is -2.19. The second-order valence-electron chi connectivity index (χ2n) is 4.46. The Kier molecular flexibility index (Phi) is 3.45. The van der Waals surface area contributed by atoms with Crippen LogP contribution in [-0.4, -0.2) is 14.8 Å². The lowest BCUT2D eigenvalue weighted by atomic mass is 10.2. The molecule has 3 heteroatoms. The Balaban J connectivity index is 1.55. The Morgan fingerprint density at radius 2 is 1.58 bits per heavy atom. The molecule has 2 aromatic rings. The third-order valence-electron chi connectivity index (χ3n) is 2.94. The number of rotatable bonds is 4. The van der Waals surface area contributed by atoms with Crippen LogP contribution in [-0.2, 0) is 13.1 Å². The largest absolute Gasteiger partial charge is 0.342 e. The van der Waals surface area contributed by atoms with Gasteiger partial charge in [0.1, 0.15) is 0 Å². The van der Waals surface area contributed by atoms with Crippen LogP contribution in [0.2, 0.25) is 0 Å². The first-order valence-electron chi connectivity index (χ1n) is 6.32. The second kappa shape index (κ2) is 5.57. The summed E-state index contributed by atoms with van der Waals surface area (Å²) in [6, 6.07) is 16.3. The van der Waals surface area contributed by atoms with Gasteiger partial charge in [-0.05, 0) is 17.7 Å². The Hall–Kier alpha value is -2.29. The van der Waals surface area contributed by atoms with Crippen LogP contribution in [0.1, 0.15) is 11.3 Å². The summed E-state index contributed by atoms with van der Waals surface area (Å²) in [6.07, 6.45) is 5.88. The van der Waals surface area contributed by atoms with Crippen molar-refractivity contribution in [3.63, 3.8) is 0 Å². The van der Waals surface area contributed by atoms with E-state index in [0.29, 0.717) is 0 Å². The molecular weight excluding hydrogens is 234 g/mol. The molecule has 2 heterocycles. The molecule has 94 valence electrons. The average Bonchev–Trinajstić information content (AvgIpc) is 2.88. The maximum atomic E-state index is 4.32. The van der Waals surface area contributed by atoms with Gasteiger partial charge in [0.05, 0.1) is 12.2 Å². The van der Waals surface area contributed by atoms with E-state index in [-0.39, 0.29) is 0 Å². The summed E-state index contributed by atoms with van der Waals surface area (Å²) in [4.78, 5) is 8.39. The number of hydrogen-bond donors (Lipinski definition) is 0. The topological polar surface area (TPSA) is 19.4 Å². The minimum Gasteiger partial charge on any atom is -0.342 e. The molecule has 19 heavy (non-hydrogen) atoms. The van der Waals surface area contributed by atoms with E-state index >= 15 is 0 Å². The van der Waals surface area contributed by atoms with Crippen molar-refractivity contribution in [1.29, 1.82) is 0 Å². The zero-order valence-electron chi connectivity index (χ0n) is 10.6. The van der Waals surface area contributed by atoms with E-state index in [2.05, 4.69) is 40.8 Å². The fourth-order valence-corrected chi connectivity index (χ4v) is 2.02. The average molecular weight is 249 g/mol. The maximum Gasteiger partial charge on any atom is 0.208 e. The van der Waals surface area contributed by atoms with Gasteiger partial charge in [-0.1, -0.05) is 36.4 Å². The van der Waals surface area contributed by atoms with Crippen molar-refractivity contribution in [1.82, 2.24) is 14.8 Å². The van der Waals surface area contributed by atoms with E-state index in [0.717, 1.165) is 18.8 Å². The highest BCUT2D eigenvalue weighted by Crippen LogP contribution is 2.17. The summed E-state index contributed by atoms with van der Waals surface area (Å²) in [7, 11) is 0. The van der Waals surface area contributed by atoms with Gasteiger partial charge in [0.2, 0.25) is 6.67 Å². The molecule has 0 fully saturated rings. The summed E-state index contributed by atoms with van der Waals surface area (Å²) in [6.45, 7) is 4.90. The summed E-state index contributed by atoms with van der Waals surface area (Å²) < 4.78 is 0. The molecule has 0 amide bonds. The molecule has 0 spiro atoms. The van der Waals surface area contributed by atoms with Gasteiger partial charge in [-0.25, -0.2) is 0 Å². The lowest BCUT2D eigenvalue weighted by Gasteiger charge is -2.18. The predicted octanol–water partition coefficient (Wildman–Crippen LogP) is 2.87. The molecule has 1 aromatic heterocycles. The lowest BCUT2D eigenvalue weighted by molar-refractivity contribution is 0.332. The smallest absolute Gasteiger partial charge is 0.208 e. The normalized spacial score (nSPS) is 14.1. The van der Waals surface area contributed by atoms with Crippen molar-refractivity contribution in [3.8, 4) is 0 Å². The monoisotopic (exact) mass is 249 g/mol. The van der Waals surface area contributed by atoms with Crippen molar-refractivity contribution in [2.24, 2.45) is 0 Å². The number of hydrogen-bond acceptors (Lipinski definition) is 3. The highest BCUT2D eigenvalue weighted by Gasteiger charge is 2.15. The molecule has 1 aliphatic rings. The molecule has 0 atom stereocenters. The van der Waals surface area contributed by atoms with Gasteiger partial charge in [0.25, 0.3) is 0 Å². The first-order valence-corrected chi connectivity index (χ1v) is 6.32. The number of aromatic nitrogens is 1. The van der Waals surface area contributed by atoms with Gasteiger partial charge in [-0.2, -0.15) is 0 Å². The van der Waals surface area contributed by atoms with Crippen LogP contribution in [0.25, 0.3) is 0 Å². The van der Waals surface area contributed by atoms with Crippen molar-refractivity contribution in [2.45, 2.75) is 13.1 Å². The third kappa shape index (κ3) is 3.13. The molecule has 1 aliphatic heterocycles. The third-order valence-corrected chi connectivity index (χ3v) is 2.94. The van der Waals surface area contributed by atoms with E-state index in [4.69, 9.17) is 0 Å². The first-order chi connectivity index (χ1) is 9.40. The minimum absolute atomic E-state index is 0.753. The molecule has 0 unspecified atom stereocenters. The molecule has 0 saturated heterocycles. The zero-order valence-corrected chi connectivity index (χ0v) is 10.6.